The fraction of sp³-hybridized carbons (Fsp3) is 0.385. The number of nitrogens with zero attached hydrogens (tertiary/aromatic N) is 2. The molecule has 33 heavy (non-hydrogen) atoms. The number of halogens is 3. The van der Waals surface area contributed by atoms with Crippen molar-refractivity contribution in [2.75, 3.05) is 6.61 Å². The van der Waals surface area contributed by atoms with Crippen molar-refractivity contribution in [3.8, 4) is 22.9 Å². The van der Waals surface area contributed by atoms with Gasteiger partial charge in [0.05, 0.1) is 6.61 Å². The van der Waals surface area contributed by atoms with E-state index >= 15 is 0 Å². The molecular formula is C26H29F3N2O2. The van der Waals surface area contributed by atoms with Gasteiger partial charge in [-0.05, 0) is 36.6 Å². The molecule has 0 unspecified atom stereocenters. The van der Waals surface area contributed by atoms with Gasteiger partial charge in [-0.25, -0.2) is 23.1 Å². The van der Waals surface area contributed by atoms with Gasteiger partial charge in [-0.15, -0.1) is 0 Å². The van der Waals surface area contributed by atoms with Crippen molar-refractivity contribution in [3.05, 3.63) is 71.3 Å². The molecule has 7 heteroatoms. The van der Waals surface area contributed by atoms with Gasteiger partial charge in [0.15, 0.2) is 23.2 Å². The summed E-state index contributed by atoms with van der Waals surface area (Å²) in [6.07, 6.45) is 9.82. The minimum atomic E-state index is -0.944. The summed E-state index contributed by atoms with van der Waals surface area (Å²) < 4.78 is 53.0. The molecule has 0 saturated carbocycles. The zero-order chi connectivity index (χ0) is 23.6. The van der Waals surface area contributed by atoms with Gasteiger partial charge < -0.3 is 9.47 Å². The highest BCUT2D eigenvalue weighted by Crippen LogP contribution is 2.26. The second-order valence-electron chi connectivity index (χ2n) is 7.97. The number of aromatic nitrogens is 2. The molecule has 0 radical (unpaired) electrons. The van der Waals surface area contributed by atoms with Crippen LogP contribution in [0.25, 0.3) is 11.1 Å². The molecule has 0 aliphatic carbocycles. The second-order valence-corrected chi connectivity index (χ2v) is 7.97. The maximum atomic E-state index is 14.4. The van der Waals surface area contributed by atoms with Crippen molar-refractivity contribution in [1.29, 1.82) is 0 Å². The first-order valence-corrected chi connectivity index (χ1v) is 11.3. The summed E-state index contributed by atoms with van der Waals surface area (Å²) >= 11 is 0. The maximum absolute atomic E-state index is 14.4. The molecule has 0 spiro atoms. The van der Waals surface area contributed by atoms with E-state index in [9.17, 15) is 13.2 Å². The summed E-state index contributed by atoms with van der Waals surface area (Å²) in [6, 6.07) is 7.67. The molecular weight excluding hydrogens is 429 g/mol. The standard InChI is InChI=1S/C26H29F3N2O2/c1-3-4-5-6-7-8-13-32-23-12-11-19(14-22(23)27)21-15-30-26(31-16-21)33-17-20-10-9-18(2)24(28)25(20)29/h9-12,14-16H,3-8,13,17H2,1-2H3. The molecule has 176 valence electrons. The van der Waals surface area contributed by atoms with Crippen LogP contribution in [-0.2, 0) is 6.61 Å². The predicted octanol–water partition coefficient (Wildman–Crippen LogP) is 7.19. The van der Waals surface area contributed by atoms with Crippen molar-refractivity contribution in [2.24, 2.45) is 0 Å². The maximum Gasteiger partial charge on any atom is 0.316 e. The number of rotatable bonds is 12. The molecule has 2 aromatic carbocycles. The van der Waals surface area contributed by atoms with Crippen LogP contribution >= 0.6 is 0 Å². The molecule has 4 nitrogen and oxygen atoms in total. The Balaban J connectivity index is 1.53. The molecule has 1 heterocycles. The van der Waals surface area contributed by atoms with Crippen LogP contribution in [0.15, 0.2) is 42.7 Å². The smallest absolute Gasteiger partial charge is 0.316 e. The van der Waals surface area contributed by atoms with Gasteiger partial charge >= 0.3 is 6.01 Å². The van der Waals surface area contributed by atoms with Crippen molar-refractivity contribution < 1.29 is 22.6 Å². The van der Waals surface area contributed by atoms with E-state index in [-0.39, 0.29) is 29.5 Å². The average Bonchev–Trinajstić information content (AvgIpc) is 2.83. The van der Waals surface area contributed by atoms with Gasteiger partial charge in [0.1, 0.15) is 6.61 Å². The highest BCUT2D eigenvalue weighted by molar-refractivity contribution is 5.62. The molecule has 0 atom stereocenters. The number of benzene rings is 2. The van der Waals surface area contributed by atoms with E-state index in [1.165, 1.54) is 63.2 Å². The number of ether oxygens (including phenoxy) is 2. The monoisotopic (exact) mass is 458 g/mol. The summed E-state index contributed by atoms with van der Waals surface area (Å²) in [5, 5.41) is 0. The van der Waals surface area contributed by atoms with E-state index in [1.54, 1.807) is 12.1 Å². The van der Waals surface area contributed by atoms with E-state index in [0.717, 1.165) is 12.8 Å². The Kier molecular flexibility index (Phi) is 9.10. The predicted molar refractivity (Wildman–Crippen MR) is 122 cm³/mol. The van der Waals surface area contributed by atoms with Crippen LogP contribution in [0.3, 0.4) is 0 Å². The zero-order valence-corrected chi connectivity index (χ0v) is 19.0. The molecule has 1 aromatic heterocycles. The van der Waals surface area contributed by atoms with E-state index in [0.29, 0.717) is 17.7 Å². The van der Waals surface area contributed by atoms with Crippen LogP contribution in [-0.4, -0.2) is 16.6 Å². The molecule has 0 amide bonds. The Bertz CT molecular complexity index is 1040. The lowest BCUT2D eigenvalue weighted by atomic mass is 10.1. The minimum absolute atomic E-state index is 0.0125. The van der Waals surface area contributed by atoms with Gasteiger partial charge in [-0.3, -0.25) is 0 Å². The molecule has 0 fully saturated rings. The third-order valence-electron chi connectivity index (χ3n) is 5.36. The van der Waals surface area contributed by atoms with Gasteiger partial charge in [0.2, 0.25) is 0 Å². The number of unbranched alkanes of at least 4 members (excludes halogenated alkanes) is 5. The van der Waals surface area contributed by atoms with Gasteiger partial charge in [0.25, 0.3) is 0 Å². The van der Waals surface area contributed by atoms with Gasteiger partial charge in [-0.1, -0.05) is 57.2 Å². The summed E-state index contributed by atoms with van der Waals surface area (Å²) in [6.45, 7) is 3.95. The molecule has 0 saturated heterocycles. The second kappa shape index (κ2) is 12.2. The van der Waals surface area contributed by atoms with E-state index < -0.39 is 17.5 Å². The van der Waals surface area contributed by atoms with E-state index in [1.807, 2.05) is 0 Å². The zero-order valence-electron chi connectivity index (χ0n) is 19.0. The molecule has 0 bridgehead atoms. The Morgan fingerprint density at radius 1 is 0.788 bits per heavy atom. The van der Waals surface area contributed by atoms with Crippen molar-refractivity contribution >= 4 is 0 Å². The van der Waals surface area contributed by atoms with E-state index in [2.05, 4.69) is 16.9 Å². The van der Waals surface area contributed by atoms with Crippen LogP contribution in [0, 0.1) is 24.4 Å². The Hall–Kier alpha value is -3.09. The lowest BCUT2D eigenvalue weighted by molar-refractivity contribution is 0.273. The Morgan fingerprint density at radius 3 is 2.24 bits per heavy atom. The fourth-order valence-electron chi connectivity index (χ4n) is 3.34. The number of hydrogen-bond acceptors (Lipinski definition) is 4. The molecule has 0 aliphatic heterocycles. The first-order valence-electron chi connectivity index (χ1n) is 11.3. The molecule has 3 aromatic rings. The summed E-state index contributed by atoms with van der Waals surface area (Å²) in [4.78, 5) is 8.16. The number of aryl methyl sites for hydroxylation is 1. The lowest BCUT2D eigenvalue weighted by Gasteiger charge is -2.10. The van der Waals surface area contributed by atoms with Crippen LogP contribution in [0.1, 0.15) is 56.6 Å². The third-order valence-corrected chi connectivity index (χ3v) is 5.36. The summed E-state index contributed by atoms with van der Waals surface area (Å²) in [5.74, 6) is -2.06. The highest BCUT2D eigenvalue weighted by atomic mass is 19.2. The first kappa shape index (κ1) is 24.6. The van der Waals surface area contributed by atoms with Crippen LogP contribution in [0.5, 0.6) is 11.8 Å². The largest absolute Gasteiger partial charge is 0.491 e. The average molecular weight is 459 g/mol. The van der Waals surface area contributed by atoms with Crippen LogP contribution in [0.4, 0.5) is 13.2 Å². The fourth-order valence-corrected chi connectivity index (χ4v) is 3.34. The topological polar surface area (TPSA) is 44.2 Å². The van der Waals surface area contributed by atoms with Crippen LogP contribution in [0.2, 0.25) is 0 Å². The molecule has 3 rings (SSSR count). The summed E-state index contributed by atoms with van der Waals surface area (Å²) in [7, 11) is 0. The van der Waals surface area contributed by atoms with Crippen LogP contribution < -0.4 is 9.47 Å². The van der Waals surface area contributed by atoms with Crippen molar-refractivity contribution in [1.82, 2.24) is 9.97 Å². The van der Waals surface area contributed by atoms with Crippen molar-refractivity contribution in [2.45, 2.75) is 59.0 Å². The summed E-state index contributed by atoms with van der Waals surface area (Å²) in [5.41, 5.74) is 1.49. The minimum Gasteiger partial charge on any atom is -0.491 e. The van der Waals surface area contributed by atoms with E-state index in [4.69, 9.17) is 9.47 Å². The quantitative estimate of drug-likeness (QED) is 0.270. The normalized spacial score (nSPS) is 10.9. The van der Waals surface area contributed by atoms with Crippen molar-refractivity contribution in [3.63, 3.8) is 0 Å². The Morgan fingerprint density at radius 2 is 1.52 bits per heavy atom. The third kappa shape index (κ3) is 6.94. The lowest BCUT2D eigenvalue weighted by Crippen LogP contribution is -2.04. The SMILES string of the molecule is CCCCCCCCOc1ccc(-c2cnc(OCc3ccc(C)c(F)c3F)nc2)cc1F. The van der Waals surface area contributed by atoms with Gasteiger partial charge in [-0.2, -0.15) is 0 Å². The molecule has 0 N–H and O–H groups in total. The Labute approximate surface area is 192 Å². The van der Waals surface area contributed by atoms with Gasteiger partial charge in [0, 0.05) is 23.5 Å². The first-order chi connectivity index (χ1) is 16.0. The number of hydrogen-bond donors (Lipinski definition) is 0. The molecule has 0 aliphatic rings. The highest BCUT2D eigenvalue weighted by Gasteiger charge is 2.12.